The average Bonchev–Trinajstić information content (AvgIpc) is 2.67. The van der Waals surface area contributed by atoms with E-state index in [1.807, 2.05) is 45.9 Å². The highest BCUT2D eigenvalue weighted by Gasteiger charge is 2.21. The third-order valence-corrected chi connectivity index (χ3v) is 4.87. The van der Waals surface area contributed by atoms with E-state index >= 15 is 0 Å². The fraction of sp³-hybridized carbons (Fsp3) is 0.652. The molecule has 1 aromatic rings. The molecule has 0 saturated carbocycles. The van der Waals surface area contributed by atoms with Gasteiger partial charge in [0.05, 0.1) is 5.56 Å². The van der Waals surface area contributed by atoms with Crippen molar-refractivity contribution in [2.24, 2.45) is 5.41 Å². The van der Waals surface area contributed by atoms with Gasteiger partial charge >= 0.3 is 0 Å². The number of rotatable bonds is 9. The largest absolute Gasteiger partial charge is 0.382 e. The van der Waals surface area contributed by atoms with Gasteiger partial charge in [-0.1, -0.05) is 20.8 Å². The summed E-state index contributed by atoms with van der Waals surface area (Å²) in [6.07, 6.45) is 4.72. The predicted octanol–water partition coefficient (Wildman–Crippen LogP) is 4.21. The number of hydrogen-bond acceptors (Lipinski definition) is 4. The average molecular weight is 404 g/mol. The van der Waals surface area contributed by atoms with Crippen LogP contribution in [0, 0.1) is 5.41 Å². The zero-order chi connectivity index (χ0) is 21.3. The van der Waals surface area contributed by atoms with Gasteiger partial charge in [0.25, 0.3) is 5.91 Å². The molecule has 2 rings (SSSR count). The van der Waals surface area contributed by atoms with E-state index < -0.39 is 0 Å². The van der Waals surface area contributed by atoms with Crippen LogP contribution >= 0.6 is 0 Å². The number of nitrogens with one attached hydrogen (secondary N) is 2. The molecule has 0 aromatic heterocycles. The van der Waals surface area contributed by atoms with Gasteiger partial charge in [0.1, 0.15) is 0 Å². The molecule has 6 heteroatoms. The summed E-state index contributed by atoms with van der Waals surface area (Å²) in [5.74, 6) is -0.139. The second-order valence-electron chi connectivity index (χ2n) is 8.87. The third-order valence-electron chi connectivity index (χ3n) is 4.87. The van der Waals surface area contributed by atoms with Crippen molar-refractivity contribution in [2.75, 3.05) is 43.1 Å². The first kappa shape index (κ1) is 23.2. The molecule has 0 atom stereocenters. The third kappa shape index (κ3) is 8.05. The molecule has 29 heavy (non-hydrogen) atoms. The van der Waals surface area contributed by atoms with Crippen molar-refractivity contribution in [1.29, 1.82) is 0 Å². The summed E-state index contributed by atoms with van der Waals surface area (Å²) in [5.41, 5.74) is 2.15. The van der Waals surface area contributed by atoms with E-state index in [-0.39, 0.29) is 17.2 Å². The van der Waals surface area contributed by atoms with Crippen LogP contribution in [0.5, 0.6) is 0 Å². The Bertz CT molecular complexity index is 676. The Hall–Kier alpha value is -2.08. The number of carbonyl (C=O) groups is 2. The van der Waals surface area contributed by atoms with Gasteiger partial charge < -0.3 is 20.3 Å². The second kappa shape index (κ2) is 11.2. The van der Waals surface area contributed by atoms with Crippen LogP contribution in [0.1, 0.15) is 70.2 Å². The lowest BCUT2D eigenvalue weighted by Crippen LogP contribution is -2.33. The van der Waals surface area contributed by atoms with Gasteiger partial charge in [-0.25, -0.2) is 0 Å². The van der Waals surface area contributed by atoms with Crippen molar-refractivity contribution >= 4 is 23.2 Å². The Kier molecular flexibility index (Phi) is 8.96. The number of nitrogens with zero attached hydrogens (tertiary/aromatic N) is 1. The van der Waals surface area contributed by atoms with Gasteiger partial charge in [-0.05, 0) is 56.2 Å². The number of piperidine rings is 1. The maximum absolute atomic E-state index is 12.9. The molecule has 1 aromatic carbocycles. The van der Waals surface area contributed by atoms with E-state index in [0.717, 1.165) is 38.0 Å². The molecular weight excluding hydrogens is 366 g/mol. The molecule has 1 aliphatic heterocycles. The summed E-state index contributed by atoms with van der Waals surface area (Å²) in [5, 5.41) is 5.95. The van der Waals surface area contributed by atoms with Crippen LogP contribution in [-0.4, -0.2) is 44.7 Å². The molecule has 162 valence electrons. The molecule has 0 spiro atoms. The van der Waals surface area contributed by atoms with Crippen molar-refractivity contribution < 1.29 is 14.3 Å². The summed E-state index contributed by atoms with van der Waals surface area (Å²) in [4.78, 5) is 27.5. The van der Waals surface area contributed by atoms with Gasteiger partial charge in [-0.2, -0.15) is 0 Å². The molecule has 0 radical (unpaired) electrons. The summed E-state index contributed by atoms with van der Waals surface area (Å²) in [6.45, 7) is 11.9. The molecule has 1 saturated heterocycles. The molecule has 1 aliphatic rings. The van der Waals surface area contributed by atoms with Crippen molar-refractivity contribution in [2.45, 2.75) is 59.8 Å². The predicted molar refractivity (Wildman–Crippen MR) is 119 cm³/mol. The zero-order valence-electron chi connectivity index (χ0n) is 18.5. The van der Waals surface area contributed by atoms with E-state index in [9.17, 15) is 9.59 Å². The Morgan fingerprint density at radius 3 is 2.52 bits per heavy atom. The monoisotopic (exact) mass is 403 g/mol. The Balaban J connectivity index is 2.14. The zero-order valence-corrected chi connectivity index (χ0v) is 18.5. The number of carbonyl (C=O) groups excluding carboxylic acids is 2. The smallest absolute Gasteiger partial charge is 0.253 e. The summed E-state index contributed by atoms with van der Waals surface area (Å²) < 4.78 is 5.34. The van der Waals surface area contributed by atoms with Crippen molar-refractivity contribution in [3.63, 3.8) is 0 Å². The van der Waals surface area contributed by atoms with Gasteiger partial charge in [-0.3, -0.25) is 9.59 Å². The van der Waals surface area contributed by atoms with Gasteiger partial charge in [0.2, 0.25) is 5.91 Å². The fourth-order valence-corrected chi connectivity index (χ4v) is 3.51. The highest BCUT2D eigenvalue weighted by Crippen LogP contribution is 2.28. The first-order chi connectivity index (χ1) is 13.8. The van der Waals surface area contributed by atoms with Crippen LogP contribution < -0.4 is 15.5 Å². The van der Waals surface area contributed by atoms with Crippen LogP contribution in [0.15, 0.2) is 18.2 Å². The lowest BCUT2D eigenvalue weighted by atomic mass is 9.92. The first-order valence-corrected chi connectivity index (χ1v) is 10.8. The summed E-state index contributed by atoms with van der Waals surface area (Å²) in [7, 11) is 0. The van der Waals surface area contributed by atoms with Crippen LogP contribution in [0.2, 0.25) is 0 Å². The topological polar surface area (TPSA) is 70.7 Å². The van der Waals surface area contributed by atoms with Gasteiger partial charge in [-0.15, -0.1) is 0 Å². The molecule has 6 nitrogen and oxygen atoms in total. The maximum atomic E-state index is 12.9. The first-order valence-electron chi connectivity index (χ1n) is 10.8. The number of hydrogen-bond donors (Lipinski definition) is 2. The van der Waals surface area contributed by atoms with Crippen LogP contribution in [-0.2, 0) is 9.53 Å². The van der Waals surface area contributed by atoms with E-state index in [1.165, 1.54) is 6.42 Å². The summed E-state index contributed by atoms with van der Waals surface area (Å²) >= 11 is 0. The number of benzene rings is 1. The highest BCUT2D eigenvalue weighted by molar-refractivity contribution is 6.02. The quantitative estimate of drug-likeness (QED) is 0.606. The molecule has 0 unspecified atom stereocenters. The number of ether oxygens (including phenoxy) is 1. The summed E-state index contributed by atoms with van der Waals surface area (Å²) in [6, 6.07) is 5.67. The minimum Gasteiger partial charge on any atom is -0.382 e. The van der Waals surface area contributed by atoms with Crippen LogP contribution in [0.25, 0.3) is 0 Å². The lowest BCUT2D eigenvalue weighted by molar-refractivity contribution is -0.117. The highest BCUT2D eigenvalue weighted by atomic mass is 16.5. The molecular formula is C23H37N3O3. The molecule has 0 bridgehead atoms. The molecule has 2 N–H and O–H groups in total. The van der Waals surface area contributed by atoms with Crippen molar-refractivity contribution in [3.05, 3.63) is 23.8 Å². The second-order valence-corrected chi connectivity index (χ2v) is 8.87. The van der Waals surface area contributed by atoms with Crippen LogP contribution in [0.4, 0.5) is 11.4 Å². The van der Waals surface area contributed by atoms with Crippen molar-refractivity contribution in [1.82, 2.24) is 5.32 Å². The number of amides is 2. The van der Waals surface area contributed by atoms with Crippen LogP contribution in [0.3, 0.4) is 0 Å². The van der Waals surface area contributed by atoms with Gasteiger partial charge in [0.15, 0.2) is 0 Å². The van der Waals surface area contributed by atoms with E-state index in [4.69, 9.17) is 4.74 Å². The molecule has 1 heterocycles. The maximum Gasteiger partial charge on any atom is 0.253 e. The van der Waals surface area contributed by atoms with Gasteiger partial charge in [0, 0.05) is 50.6 Å². The molecule has 2 amide bonds. The standard InChI is InChI=1S/C23H37N3O3/c1-5-29-15-9-12-24-22(28)19-16-18(25-21(27)17-23(2,3)4)10-11-20(19)26-13-7-6-8-14-26/h10-11,16H,5-9,12-15,17H2,1-4H3,(H,24,28)(H,25,27). The van der Waals surface area contributed by atoms with E-state index in [2.05, 4.69) is 15.5 Å². The Labute approximate surface area is 175 Å². The number of anilines is 2. The Morgan fingerprint density at radius 1 is 1.14 bits per heavy atom. The van der Waals surface area contributed by atoms with E-state index in [1.54, 1.807) is 0 Å². The minimum absolute atomic E-state index is 0.0358. The fourth-order valence-electron chi connectivity index (χ4n) is 3.51. The lowest BCUT2D eigenvalue weighted by Gasteiger charge is -2.30. The minimum atomic E-state index is -0.103. The Morgan fingerprint density at radius 2 is 1.86 bits per heavy atom. The normalized spacial score (nSPS) is 14.6. The van der Waals surface area contributed by atoms with Crippen molar-refractivity contribution in [3.8, 4) is 0 Å². The molecule has 0 aliphatic carbocycles. The van der Waals surface area contributed by atoms with E-state index in [0.29, 0.717) is 37.4 Å². The SMILES string of the molecule is CCOCCCNC(=O)c1cc(NC(=O)CC(C)(C)C)ccc1N1CCCCC1. The molecule has 1 fully saturated rings.